The van der Waals surface area contributed by atoms with Gasteiger partial charge in [0.1, 0.15) is 12.1 Å². The van der Waals surface area contributed by atoms with E-state index in [1.54, 1.807) is 0 Å². The van der Waals surface area contributed by atoms with E-state index in [0.29, 0.717) is 13.0 Å². The summed E-state index contributed by atoms with van der Waals surface area (Å²) in [7, 11) is 7.74. The number of hydrogen-bond acceptors (Lipinski definition) is 5. The SMILES string of the molecule is C[C@H](NC(=O)[C@H](Cc1ccccc1)NC(=O)[C@@H](N)CCCCN=C(N(C)C)N(C)C)C(N)=O. The molecule has 0 bridgehead atoms. The summed E-state index contributed by atoms with van der Waals surface area (Å²) in [6.07, 6.45) is 2.25. The van der Waals surface area contributed by atoms with Crippen LogP contribution < -0.4 is 22.1 Å². The van der Waals surface area contributed by atoms with Gasteiger partial charge in [-0.05, 0) is 31.7 Å². The molecule has 0 aliphatic heterocycles. The van der Waals surface area contributed by atoms with E-state index in [4.69, 9.17) is 11.5 Å². The fourth-order valence-electron chi connectivity index (χ4n) is 3.19. The number of carbonyl (C=O) groups is 3. The summed E-state index contributed by atoms with van der Waals surface area (Å²) in [5, 5.41) is 5.27. The van der Waals surface area contributed by atoms with Crippen molar-refractivity contribution in [2.45, 2.75) is 50.7 Å². The molecule has 1 rings (SSSR count). The molecule has 10 nitrogen and oxygen atoms in total. The molecule has 0 aromatic heterocycles. The first-order valence-electron chi connectivity index (χ1n) is 11.1. The Morgan fingerprint density at radius 1 is 0.970 bits per heavy atom. The molecule has 3 atom stereocenters. The minimum atomic E-state index is -0.875. The van der Waals surface area contributed by atoms with Crippen LogP contribution in [0, 0.1) is 0 Å². The Kier molecular flexibility index (Phi) is 11.9. The number of nitrogens with two attached hydrogens (primary N) is 2. The standard InChI is InChI=1S/C23H39N7O3/c1-16(20(25)31)27-22(33)19(15-17-11-7-6-8-12-17)28-21(32)18(24)13-9-10-14-26-23(29(2)3)30(4)5/h6-8,11-12,16,18-19H,9-10,13-15,24H2,1-5H3,(H2,25,31)(H,27,33)(H,28,32)/t16-,18-,19-/m0/s1. The lowest BCUT2D eigenvalue weighted by atomic mass is 10.0. The Morgan fingerprint density at radius 3 is 2.12 bits per heavy atom. The normalized spacial score (nSPS) is 13.3. The summed E-state index contributed by atoms with van der Waals surface area (Å²) in [6, 6.07) is 6.81. The number of benzene rings is 1. The second-order valence-electron chi connectivity index (χ2n) is 8.46. The number of rotatable bonds is 12. The fourth-order valence-corrected chi connectivity index (χ4v) is 3.19. The zero-order valence-electron chi connectivity index (χ0n) is 20.4. The predicted molar refractivity (Wildman–Crippen MR) is 130 cm³/mol. The maximum Gasteiger partial charge on any atom is 0.243 e. The maximum atomic E-state index is 12.7. The molecule has 3 amide bonds. The third-order valence-electron chi connectivity index (χ3n) is 5.01. The summed E-state index contributed by atoms with van der Waals surface area (Å²) in [5.74, 6) is -0.681. The van der Waals surface area contributed by atoms with Gasteiger partial charge in [0.15, 0.2) is 5.96 Å². The Bertz CT molecular complexity index is 787. The van der Waals surface area contributed by atoms with Crippen molar-refractivity contribution >= 4 is 23.7 Å². The molecule has 0 saturated heterocycles. The van der Waals surface area contributed by atoms with Crippen molar-refractivity contribution in [3.63, 3.8) is 0 Å². The van der Waals surface area contributed by atoms with Gasteiger partial charge in [-0.3, -0.25) is 19.4 Å². The van der Waals surface area contributed by atoms with E-state index in [2.05, 4.69) is 15.6 Å². The third-order valence-corrected chi connectivity index (χ3v) is 5.01. The monoisotopic (exact) mass is 461 g/mol. The van der Waals surface area contributed by atoms with Gasteiger partial charge in [-0.1, -0.05) is 30.3 Å². The van der Waals surface area contributed by atoms with Crippen molar-refractivity contribution in [3.8, 4) is 0 Å². The van der Waals surface area contributed by atoms with Gasteiger partial charge in [0.25, 0.3) is 0 Å². The Hall–Kier alpha value is -3.14. The smallest absolute Gasteiger partial charge is 0.243 e. The molecule has 0 aliphatic rings. The van der Waals surface area contributed by atoms with E-state index in [9.17, 15) is 14.4 Å². The van der Waals surface area contributed by atoms with Crippen LogP contribution in [0.5, 0.6) is 0 Å². The molecule has 0 unspecified atom stereocenters. The van der Waals surface area contributed by atoms with Crippen LogP contribution in [0.15, 0.2) is 35.3 Å². The number of carbonyl (C=O) groups excluding carboxylic acids is 3. The van der Waals surface area contributed by atoms with E-state index < -0.39 is 35.8 Å². The fraction of sp³-hybridized carbons (Fsp3) is 0.565. The number of aliphatic imine (C=N–C) groups is 1. The van der Waals surface area contributed by atoms with Crippen molar-refractivity contribution in [3.05, 3.63) is 35.9 Å². The van der Waals surface area contributed by atoms with Gasteiger partial charge >= 0.3 is 0 Å². The molecule has 0 heterocycles. The molecule has 0 saturated carbocycles. The predicted octanol–water partition coefficient (Wildman–Crippen LogP) is -0.319. The lowest BCUT2D eigenvalue weighted by Gasteiger charge is -2.23. The first-order chi connectivity index (χ1) is 15.5. The molecule has 0 fully saturated rings. The average molecular weight is 462 g/mol. The molecule has 1 aromatic carbocycles. The minimum absolute atomic E-state index is 0.267. The Morgan fingerprint density at radius 2 is 1.58 bits per heavy atom. The summed E-state index contributed by atoms with van der Waals surface area (Å²) >= 11 is 0. The second kappa shape index (κ2) is 14.1. The van der Waals surface area contributed by atoms with Gasteiger partial charge in [0.05, 0.1) is 6.04 Å². The number of guanidine groups is 1. The van der Waals surface area contributed by atoms with Crippen molar-refractivity contribution in [1.82, 2.24) is 20.4 Å². The molecular weight excluding hydrogens is 422 g/mol. The van der Waals surface area contributed by atoms with E-state index in [1.807, 2.05) is 68.3 Å². The molecule has 0 radical (unpaired) electrons. The number of unbranched alkanes of at least 4 members (excludes halogenated alkanes) is 1. The summed E-state index contributed by atoms with van der Waals surface area (Å²) in [6.45, 7) is 2.12. The molecule has 10 heteroatoms. The largest absolute Gasteiger partial charge is 0.368 e. The van der Waals surface area contributed by atoms with Gasteiger partial charge < -0.3 is 31.9 Å². The van der Waals surface area contributed by atoms with Crippen LogP contribution in [0.3, 0.4) is 0 Å². The zero-order valence-corrected chi connectivity index (χ0v) is 20.4. The van der Waals surface area contributed by atoms with E-state index in [-0.39, 0.29) is 6.42 Å². The zero-order chi connectivity index (χ0) is 25.0. The van der Waals surface area contributed by atoms with Crippen molar-refractivity contribution < 1.29 is 14.4 Å². The topological polar surface area (TPSA) is 146 Å². The minimum Gasteiger partial charge on any atom is -0.368 e. The van der Waals surface area contributed by atoms with Crippen LogP contribution in [0.25, 0.3) is 0 Å². The van der Waals surface area contributed by atoms with Gasteiger partial charge in [-0.2, -0.15) is 0 Å². The number of nitrogens with zero attached hydrogens (tertiary/aromatic N) is 3. The Labute approximate surface area is 196 Å². The third kappa shape index (κ3) is 10.3. The maximum absolute atomic E-state index is 12.7. The number of amides is 3. The summed E-state index contributed by atoms with van der Waals surface area (Å²) in [4.78, 5) is 45.1. The van der Waals surface area contributed by atoms with E-state index in [0.717, 1.165) is 24.4 Å². The van der Waals surface area contributed by atoms with Crippen LogP contribution >= 0.6 is 0 Å². The van der Waals surface area contributed by atoms with Crippen LogP contribution in [0.1, 0.15) is 31.7 Å². The summed E-state index contributed by atoms with van der Waals surface area (Å²) in [5.41, 5.74) is 12.2. The van der Waals surface area contributed by atoms with E-state index in [1.165, 1.54) is 6.92 Å². The van der Waals surface area contributed by atoms with Crippen LogP contribution in [-0.2, 0) is 20.8 Å². The van der Waals surface area contributed by atoms with Gasteiger partial charge in [-0.15, -0.1) is 0 Å². The highest BCUT2D eigenvalue weighted by Gasteiger charge is 2.26. The average Bonchev–Trinajstić information content (AvgIpc) is 2.75. The lowest BCUT2D eigenvalue weighted by Crippen LogP contribution is -2.55. The molecule has 1 aromatic rings. The molecule has 6 N–H and O–H groups in total. The first kappa shape index (κ1) is 27.9. The van der Waals surface area contributed by atoms with Crippen molar-refractivity contribution in [1.29, 1.82) is 0 Å². The van der Waals surface area contributed by atoms with Gasteiger partial charge in [0.2, 0.25) is 17.7 Å². The van der Waals surface area contributed by atoms with Gasteiger partial charge in [0, 0.05) is 41.2 Å². The highest BCUT2D eigenvalue weighted by atomic mass is 16.2. The van der Waals surface area contributed by atoms with Crippen LogP contribution in [0.2, 0.25) is 0 Å². The molecule has 33 heavy (non-hydrogen) atoms. The van der Waals surface area contributed by atoms with Crippen molar-refractivity contribution in [2.24, 2.45) is 16.5 Å². The number of hydrogen-bond donors (Lipinski definition) is 4. The van der Waals surface area contributed by atoms with Crippen LogP contribution in [-0.4, -0.2) is 86.3 Å². The quantitative estimate of drug-likeness (QED) is 0.191. The Balaban J connectivity index is 2.66. The number of primary amides is 1. The highest BCUT2D eigenvalue weighted by Crippen LogP contribution is 2.06. The second-order valence-corrected chi connectivity index (χ2v) is 8.46. The highest BCUT2D eigenvalue weighted by molar-refractivity contribution is 5.92. The molecular formula is C23H39N7O3. The molecule has 0 spiro atoms. The number of nitrogens with one attached hydrogen (secondary N) is 2. The van der Waals surface area contributed by atoms with Crippen LogP contribution in [0.4, 0.5) is 0 Å². The lowest BCUT2D eigenvalue weighted by molar-refractivity contribution is -0.131. The first-order valence-corrected chi connectivity index (χ1v) is 11.1. The summed E-state index contributed by atoms with van der Waals surface area (Å²) < 4.78 is 0. The molecule has 0 aliphatic carbocycles. The van der Waals surface area contributed by atoms with E-state index >= 15 is 0 Å². The molecule has 184 valence electrons. The van der Waals surface area contributed by atoms with Gasteiger partial charge in [-0.25, -0.2) is 0 Å². The van der Waals surface area contributed by atoms with Crippen molar-refractivity contribution in [2.75, 3.05) is 34.7 Å².